The van der Waals surface area contributed by atoms with Crippen LogP contribution in [0.15, 0.2) is 30.3 Å². The monoisotopic (exact) mass is 281 g/mol. The molecule has 0 unspecified atom stereocenters. The Morgan fingerprint density at radius 1 is 1.20 bits per heavy atom. The second kappa shape index (κ2) is 10.0. The van der Waals surface area contributed by atoms with E-state index in [0.717, 1.165) is 0 Å². The van der Waals surface area contributed by atoms with Gasteiger partial charge in [0.25, 0.3) is 0 Å². The van der Waals surface area contributed by atoms with Crippen LogP contribution in [-0.4, -0.2) is 17.9 Å². The maximum atomic E-state index is 11.5. The number of benzene rings is 1. The minimum Gasteiger partial charge on any atom is -0.410 e. The van der Waals surface area contributed by atoms with Crippen molar-refractivity contribution in [2.45, 2.75) is 47.1 Å². The van der Waals surface area contributed by atoms with E-state index in [1.54, 1.807) is 24.3 Å². The van der Waals surface area contributed by atoms with Crippen LogP contribution < -0.4 is 10.1 Å². The summed E-state index contributed by atoms with van der Waals surface area (Å²) in [6, 6.07) is 8.22. The van der Waals surface area contributed by atoms with Crippen molar-refractivity contribution in [2.24, 2.45) is 5.92 Å². The molecule has 0 bridgehead atoms. The number of hydrogen-bond donors (Lipinski definition) is 1. The number of Topliss-reactive ketones (excluding diaryl/α,β-unsaturated/α-hetero) is 1. The number of carbonyl (C=O) groups excluding carboxylic acids is 2. The second-order valence-corrected chi connectivity index (χ2v) is 4.89. The topological polar surface area (TPSA) is 55.4 Å². The molecule has 0 aromatic heterocycles. The van der Waals surface area contributed by atoms with E-state index in [9.17, 15) is 9.59 Å². The average Bonchev–Trinajstić information content (AvgIpc) is 2.37. The summed E-state index contributed by atoms with van der Waals surface area (Å²) in [5.74, 6) is 0.414. The summed E-state index contributed by atoms with van der Waals surface area (Å²) in [7, 11) is 0. The van der Waals surface area contributed by atoms with Gasteiger partial charge in [-0.1, -0.05) is 52.3 Å². The normalized spacial score (nSPS) is 11.1. The molecule has 1 rings (SSSR count). The van der Waals surface area contributed by atoms with Crippen molar-refractivity contribution < 1.29 is 15.8 Å². The molecule has 0 saturated carbocycles. The first-order valence-corrected chi connectivity index (χ1v) is 6.96. The average molecular weight is 281 g/mol. The van der Waals surface area contributed by atoms with Gasteiger partial charge >= 0.3 is 6.09 Å². The van der Waals surface area contributed by atoms with Crippen molar-refractivity contribution >= 4 is 11.9 Å². The molecule has 114 valence electrons. The van der Waals surface area contributed by atoms with Crippen LogP contribution in [0.4, 0.5) is 4.79 Å². The van der Waals surface area contributed by atoms with Gasteiger partial charge in [0, 0.05) is 1.43 Å². The highest BCUT2D eigenvalue weighted by Crippen LogP contribution is 2.09. The van der Waals surface area contributed by atoms with E-state index < -0.39 is 12.1 Å². The molecule has 4 heteroatoms. The van der Waals surface area contributed by atoms with Gasteiger partial charge in [0.15, 0.2) is 5.78 Å². The molecule has 0 aliphatic heterocycles. The molecule has 20 heavy (non-hydrogen) atoms. The number of amides is 1. The first kappa shape index (κ1) is 18.2. The Balaban J connectivity index is 0. The van der Waals surface area contributed by atoms with Gasteiger partial charge in [-0.15, -0.1) is 0 Å². The van der Waals surface area contributed by atoms with Crippen molar-refractivity contribution in [1.29, 1.82) is 0 Å². The molecule has 0 fully saturated rings. The van der Waals surface area contributed by atoms with E-state index in [-0.39, 0.29) is 13.1 Å². The molecule has 1 N–H and O–H groups in total. The summed E-state index contributed by atoms with van der Waals surface area (Å²) < 4.78 is 5.04. The van der Waals surface area contributed by atoms with E-state index in [0.29, 0.717) is 5.75 Å². The lowest BCUT2D eigenvalue weighted by Gasteiger charge is -2.18. The van der Waals surface area contributed by atoms with Gasteiger partial charge in [-0.05, 0) is 25.0 Å². The van der Waals surface area contributed by atoms with Crippen molar-refractivity contribution in [3.63, 3.8) is 0 Å². The maximum Gasteiger partial charge on any atom is 0.413 e. The zero-order chi connectivity index (χ0) is 15.5. The largest absolute Gasteiger partial charge is 0.413 e. The molecule has 0 saturated heterocycles. The standard InChI is InChI=1S/C13H17NO3.C3H8.H2/c1-9(2)12(10(3)15)14-13(16)17-11-7-5-4-6-8-11;1-3-2;/h4-9,12H,1-3H3,(H,14,16);3H2,1-2H3;1H/t12-;;/m0../s1. The predicted molar refractivity (Wildman–Crippen MR) is 83.0 cm³/mol. The number of hydrogen-bond acceptors (Lipinski definition) is 3. The SMILES string of the molecule is CC(=O)[C@@H](NC(=O)Oc1ccccc1)C(C)C.CCC.[HH]. The molecule has 0 aliphatic carbocycles. The van der Waals surface area contributed by atoms with Crippen molar-refractivity contribution in [3.8, 4) is 5.75 Å². The molecule has 0 heterocycles. The quantitative estimate of drug-likeness (QED) is 0.905. The van der Waals surface area contributed by atoms with E-state index >= 15 is 0 Å². The van der Waals surface area contributed by atoms with Crippen molar-refractivity contribution in [3.05, 3.63) is 30.3 Å². The Morgan fingerprint density at radius 2 is 1.70 bits per heavy atom. The van der Waals surface area contributed by atoms with Crippen LogP contribution in [0.3, 0.4) is 0 Å². The van der Waals surface area contributed by atoms with E-state index in [2.05, 4.69) is 19.2 Å². The minimum absolute atomic E-state index is 0. The van der Waals surface area contributed by atoms with Crippen LogP contribution in [0, 0.1) is 5.92 Å². The van der Waals surface area contributed by atoms with Crippen LogP contribution in [0.1, 0.15) is 42.5 Å². The Labute approximate surface area is 123 Å². The number of carbonyl (C=O) groups is 2. The first-order chi connectivity index (χ1) is 9.42. The van der Waals surface area contributed by atoms with Crippen LogP contribution in [0.5, 0.6) is 5.75 Å². The third-order valence-electron chi connectivity index (χ3n) is 2.33. The zero-order valence-corrected chi connectivity index (χ0v) is 13.0. The van der Waals surface area contributed by atoms with Gasteiger partial charge in [-0.25, -0.2) is 4.79 Å². The summed E-state index contributed by atoms with van der Waals surface area (Å²) in [6.07, 6.45) is 0.644. The van der Waals surface area contributed by atoms with Gasteiger partial charge in [0.2, 0.25) is 0 Å². The second-order valence-electron chi connectivity index (χ2n) is 4.89. The lowest BCUT2D eigenvalue weighted by atomic mass is 10.0. The maximum absolute atomic E-state index is 11.5. The molecule has 1 aromatic rings. The molecule has 1 aromatic carbocycles. The number of nitrogens with one attached hydrogen (secondary N) is 1. The highest BCUT2D eigenvalue weighted by atomic mass is 16.6. The summed E-state index contributed by atoms with van der Waals surface area (Å²) in [4.78, 5) is 22.8. The lowest BCUT2D eigenvalue weighted by Crippen LogP contribution is -2.44. The summed E-state index contributed by atoms with van der Waals surface area (Å²) >= 11 is 0. The van der Waals surface area contributed by atoms with Gasteiger partial charge in [-0.3, -0.25) is 4.79 Å². The number of ether oxygens (including phenoxy) is 1. The van der Waals surface area contributed by atoms with Gasteiger partial charge in [0.05, 0.1) is 6.04 Å². The van der Waals surface area contributed by atoms with E-state index in [1.165, 1.54) is 13.3 Å². The first-order valence-electron chi connectivity index (χ1n) is 6.96. The summed E-state index contributed by atoms with van der Waals surface area (Å²) in [6.45, 7) is 9.44. The Bertz CT molecular complexity index is 407. The summed E-state index contributed by atoms with van der Waals surface area (Å²) in [5.41, 5.74) is 0. The van der Waals surface area contributed by atoms with Crippen molar-refractivity contribution in [1.82, 2.24) is 5.32 Å². The molecule has 0 spiro atoms. The van der Waals surface area contributed by atoms with Crippen LogP contribution in [0.25, 0.3) is 0 Å². The van der Waals surface area contributed by atoms with E-state index in [4.69, 9.17) is 4.74 Å². The Hall–Kier alpha value is -1.84. The molecule has 4 nitrogen and oxygen atoms in total. The third-order valence-corrected chi connectivity index (χ3v) is 2.33. The third kappa shape index (κ3) is 7.56. The van der Waals surface area contributed by atoms with Crippen LogP contribution in [0.2, 0.25) is 0 Å². The highest BCUT2D eigenvalue weighted by Gasteiger charge is 2.21. The smallest absolute Gasteiger partial charge is 0.410 e. The molecular weight excluding hydrogens is 254 g/mol. The predicted octanol–water partition coefficient (Wildman–Crippen LogP) is 4.05. The number of ketones is 1. The van der Waals surface area contributed by atoms with Crippen LogP contribution in [-0.2, 0) is 4.79 Å². The fourth-order valence-electron chi connectivity index (χ4n) is 1.49. The zero-order valence-electron chi connectivity index (χ0n) is 13.0. The molecule has 1 atom stereocenters. The fraction of sp³-hybridized carbons (Fsp3) is 0.500. The van der Waals surface area contributed by atoms with E-state index in [1.807, 2.05) is 19.9 Å². The Morgan fingerprint density at radius 3 is 2.10 bits per heavy atom. The minimum atomic E-state index is -0.606. The molecule has 1 amide bonds. The van der Waals surface area contributed by atoms with Gasteiger partial charge < -0.3 is 10.1 Å². The fourth-order valence-corrected chi connectivity index (χ4v) is 1.49. The van der Waals surface area contributed by atoms with Gasteiger partial charge in [0.1, 0.15) is 5.75 Å². The molecule has 0 aliphatic rings. The van der Waals surface area contributed by atoms with Crippen molar-refractivity contribution in [2.75, 3.05) is 0 Å². The Kier molecular flexibility index (Phi) is 9.09. The highest BCUT2D eigenvalue weighted by molar-refractivity contribution is 5.86. The van der Waals surface area contributed by atoms with Crippen LogP contribution >= 0.6 is 0 Å². The number of para-hydroxylation sites is 1. The number of rotatable bonds is 4. The molecular formula is C16H27NO3. The lowest BCUT2D eigenvalue weighted by molar-refractivity contribution is -0.119. The summed E-state index contributed by atoms with van der Waals surface area (Å²) in [5, 5.41) is 2.55. The van der Waals surface area contributed by atoms with Gasteiger partial charge in [-0.2, -0.15) is 0 Å². The molecule has 0 radical (unpaired) electrons.